The fourth-order valence-electron chi connectivity index (χ4n) is 3.03. The van der Waals surface area contributed by atoms with Crippen LogP contribution in [-0.2, 0) is 0 Å². The molecule has 1 amide bonds. The van der Waals surface area contributed by atoms with Gasteiger partial charge in [-0.3, -0.25) is 4.79 Å². The van der Waals surface area contributed by atoms with Gasteiger partial charge in [-0.2, -0.15) is 5.26 Å². The molecule has 0 heterocycles. The van der Waals surface area contributed by atoms with Gasteiger partial charge in [0.25, 0.3) is 5.91 Å². The van der Waals surface area contributed by atoms with Crippen molar-refractivity contribution in [2.45, 2.75) is 18.7 Å². The van der Waals surface area contributed by atoms with Crippen LogP contribution in [-0.4, -0.2) is 20.1 Å². The van der Waals surface area contributed by atoms with E-state index in [0.29, 0.717) is 28.3 Å². The number of hydrogen-bond acceptors (Lipinski definition) is 6. The van der Waals surface area contributed by atoms with Gasteiger partial charge < -0.3 is 19.5 Å². The summed E-state index contributed by atoms with van der Waals surface area (Å²) < 4.78 is 14.0. The van der Waals surface area contributed by atoms with Crippen LogP contribution in [0.1, 0.15) is 27.0 Å². The van der Waals surface area contributed by atoms with Crippen molar-refractivity contribution in [3.05, 3.63) is 76.9 Å². The highest BCUT2D eigenvalue weighted by atomic mass is 32.2. The number of amides is 1. The lowest BCUT2D eigenvalue weighted by Gasteiger charge is -2.15. The number of anilines is 2. The number of nitrogens with zero attached hydrogens (tertiary/aromatic N) is 1. The zero-order chi connectivity index (χ0) is 22.4. The van der Waals surface area contributed by atoms with Crippen LogP contribution < -0.4 is 19.5 Å². The summed E-state index contributed by atoms with van der Waals surface area (Å²) >= 11 is 1.41. The van der Waals surface area contributed by atoms with Gasteiger partial charge in [0.1, 0.15) is 11.5 Å². The van der Waals surface area contributed by atoms with Gasteiger partial charge in [-0.05, 0) is 73.3 Å². The third kappa shape index (κ3) is 5.30. The Hall–Kier alpha value is -3.63. The Labute approximate surface area is 186 Å². The number of para-hydroxylation sites is 1. The molecule has 0 spiro atoms. The molecule has 0 fully saturated rings. The molecule has 2 N–H and O–H groups in total. The Morgan fingerprint density at radius 3 is 2.39 bits per heavy atom. The highest BCUT2D eigenvalue weighted by Crippen LogP contribution is 2.34. The molecular formula is C24H23N3O3S. The molecule has 0 atom stereocenters. The van der Waals surface area contributed by atoms with Gasteiger partial charge in [0.05, 0.1) is 36.4 Å². The van der Waals surface area contributed by atoms with E-state index in [1.807, 2.05) is 44.2 Å². The summed E-state index contributed by atoms with van der Waals surface area (Å²) in [5.74, 6) is 0.807. The molecule has 158 valence electrons. The molecule has 31 heavy (non-hydrogen) atoms. The molecule has 0 aliphatic heterocycles. The number of ether oxygens (including phenoxy) is 2. The van der Waals surface area contributed by atoms with Crippen molar-refractivity contribution in [2.24, 2.45) is 0 Å². The number of hydrogen-bond donors (Lipinski definition) is 2. The maximum atomic E-state index is 12.8. The molecule has 0 unspecified atom stereocenters. The highest BCUT2D eigenvalue weighted by Gasteiger charge is 2.13. The van der Waals surface area contributed by atoms with Gasteiger partial charge in [-0.15, -0.1) is 0 Å². The molecule has 7 heteroatoms. The van der Waals surface area contributed by atoms with Crippen LogP contribution in [0.4, 0.5) is 11.4 Å². The van der Waals surface area contributed by atoms with Crippen molar-refractivity contribution >= 4 is 29.2 Å². The van der Waals surface area contributed by atoms with Crippen LogP contribution in [0.25, 0.3) is 0 Å². The molecule has 3 rings (SSSR count). The van der Waals surface area contributed by atoms with E-state index in [0.717, 1.165) is 21.7 Å². The minimum absolute atomic E-state index is 0.334. The van der Waals surface area contributed by atoms with E-state index in [2.05, 4.69) is 10.0 Å². The molecule has 0 radical (unpaired) electrons. The van der Waals surface area contributed by atoms with Crippen molar-refractivity contribution in [3.63, 3.8) is 0 Å². The van der Waals surface area contributed by atoms with Gasteiger partial charge in [-0.25, -0.2) is 0 Å². The number of nitriles is 1. The quantitative estimate of drug-likeness (QED) is 0.474. The monoisotopic (exact) mass is 433 g/mol. The summed E-state index contributed by atoms with van der Waals surface area (Å²) in [7, 11) is 3.10. The van der Waals surface area contributed by atoms with Crippen LogP contribution in [0.3, 0.4) is 0 Å². The second kappa shape index (κ2) is 9.92. The van der Waals surface area contributed by atoms with Crippen molar-refractivity contribution in [3.8, 4) is 17.6 Å². The van der Waals surface area contributed by atoms with Crippen molar-refractivity contribution in [2.75, 3.05) is 24.3 Å². The lowest BCUT2D eigenvalue weighted by atomic mass is 10.1. The second-order valence-corrected chi connectivity index (χ2v) is 7.70. The first-order valence-corrected chi connectivity index (χ1v) is 10.3. The average Bonchev–Trinajstić information content (AvgIpc) is 2.78. The first-order valence-electron chi connectivity index (χ1n) is 9.52. The maximum absolute atomic E-state index is 12.8. The predicted octanol–water partition coefficient (Wildman–Crippen LogP) is 5.56. The van der Waals surface area contributed by atoms with E-state index < -0.39 is 0 Å². The van der Waals surface area contributed by atoms with Gasteiger partial charge in [0, 0.05) is 11.3 Å². The fourth-order valence-corrected chi connectivity index (χ4v) is 4.00. The normalized spacial score (nSPS) is 10.2. The van der Waals surface area contributed by atoms with Crippen molar-refractivity contribution in [1.29, 1.82) is 5.26 Å². The summed E-state index contributed by atoms with van der Waals surface area (Å²) in [6, 6.07) is 18.3. The van der Waals surface area contributed by atoms with Crippen LogP contribution in [0.5, 0.6) is 11.5 Å². The molecule has 0 aliphatic rings. The van der Waals surface area contributed by atoms with E-state index in [-0.39, 0.29) is 5.91 Å². The largest absolute Gasteiger partial charge is 0.497 e. The molecule has 3 aromatic carbocycles. The van der Waals surface area contributed by atoms with Crippen LogP contribution in [0.2, 0.25) is 0 Å². The third-order valence-electron chi connectivity index (χ3n) is 4.70. The Balaban J connectivity index is 1.82. The van der Waals surface area contributed by atoms with Gasteiger partial charge in [0.15, 0.2) is 0 Å². The van der Waals surface area contributed by atoms with Gasteiger partial charge in [0.2, 0.25) is 0 Å². The topological polar surface area (TPSA) is 83.4 Å². The van der Waals surface area contributed by atoms with Crippen molar-refractivity contribution < 1.29 is 14.3 Å². The maximum Gasteiger partial charge on any atom is 0.255 e. The number of rotatable bonds is 7. The standard InChI is InChI=1S/C24H23N3O3S/c1-15-6-5-7-16(2)23(15)27-31-22-13-19(8-9-21(22)30-4)26-24(28)18-10-17(14-25)11-20(12-18)29-3/h5-13,27H,1-4H3,(H,26,28). The third-order valence-corrected chi connectivity index (χ3v) is 5.54. The Kier molecular flexibility index (Phi) is 7.06. The van der Waals surface area contributed by atoms with Gasteiger partial charge >= 0.3 is 0 Å². The lowest BCUT2D eigenvalue weighted by molar-refractivity contribution is 0.102. The SMILES string of the molecule is COc1cc(C#N)cc(C(=O)Nc2ccc(OC)c(SNc3c(C)cccc3C)c2)c1. The molecule has 3 aromatic rings. The summed E-state index contributed by atoms with van der Waals surface area (Å²) in [6.07, 6.45) is 0. The number of methoxy groups -OCH3 is 2. The molecule has 0 saturated heterocycles. The Bertz CT molecular complexity index is 1140. The molecule has 6 nitrogen and oxygen atoms in total. The highest BCUT2D eigenvalue weighted by molar-refractivity contribution is 8.00. The average molecular weight is 434 g/mol. The number of benzene rings is 3. The zero-order valence-electron chi connectivity index (χ0n) is 17.8. The van der Waals surface area contributed by atoms with E-state index in [1.54, 1.807) is 31.4 Å². The first kappa shape index (κ1) is 22.1. The summed E-state index contributed by atoms with van der Waals surface area (Å²) in [6.45, 7) is 4.10. The van der Waals surface area contributed by atoms with E-state index in [1.165, 1.54) is 25.1 Å². The molecular weight excluding hydrogens is 410 g/mol. The molecule has 0 aliphatic carbocycles. The van der Waals surface area contributed by atoms with Crippen molar-refractivity contribution in [1.82, 2.24) is 0 Å². The first-order chi connectivity index (χ1) is 14.9. The number of nitrogens with one attached hydrogen (secondary N) is 2. The van der Waals surface area contributed by atoms with E-state index in [4.69, 9.17) is 9.47 Å². The number of aryl methyl sites for hydroxylation is 2. The Morgan fingerprint density at radius 1 is 1.00 bits per heavy atom. The van der Waals surface area contributed by atoms with Crippen LogP contribution >= 0.6 is 11.9 Å². The minimum atomic E-state index is -0.334. The lowest BCUT2D eigenvalue weighted by Crippen LogP contribution is -2.12. The molecule has 0 bridgehead atoms. The van der Waals surface area contributed by atoms with Gasteiger partial charge in [-0.1, -0.05) is 18.2 Å². The van der Waals surface area contributed by atoms with Crippen LogP contribution in [0.15, 0.2) is 59.5 Å². The minimum Gasteiger partial charge on any atom is -0.497 e. The summed E-state index contributed by atoms with van der Waals surface area (Å²) in [5, 5.41) is 12.1. The zero-order valence-corrected chi connectivity index (χ0v) is 18.6. The fraction of sp³-hybridized carbons (Fsp3) is 0.167. The summed E-state index contributed by atoms with van der Waals surface area (Å²) in [4.78, 5) is 13.6. The number of carbonyl (C=O) groups is 1. The van der Waals surface area contributed by atoms with E-state index in [9.17, 15) is 10.1 Å². The number of carbonyl (C=O) groups excluding carboxylic acids is 1. The molecule has 0 aromatic heterocycles. The van der Waals surface area contributed by atoms with E-state index >= 15 is 0 Å². The summed E-state index contributed by atoms with van der Waals surface area (Å²) in [5.41, 5.74) is 4.63. The van der Waals surface area contributed by atoms with Crippen LogP contribution in [0, 0.1) is 25.2 Å². The molecule has 0 saturated carbocycles. The predicted molar refractivity (Wildman–Crippen MR) is 124 cm³/mol. The Morgan fingerprint density at radius 2 is 1.74 bits per heavy atom. The smallest absolute Gasteiger partial charge is 0.255 e. The second-order valence-electron chi connectivity index (χ2n) is 6.85.